The van der Waals surface area contributed by atoms with Gasteiger partial charge in [0.1, 0.15) is 10.9 Å². The van der Waals surface area contributed by atoms with Gasteiger partial charge in [0.25, 0.3) is 5.09 Å². The van der Waals surface area contributed by atoms with E-state index in [1.54, 1.807) is 0 Å². The van der Waals surface area contributed by atoms with E-state index >= 15 is 0 Å². The van der Waals surface area contributed by atoms with E-state index in [9.17, 15) is 10.1 Å². The third kappa shape index (κ3) is 2.82. The Morgan fingerprint density at radius 3 is 3.00 bits per heavy atom. The summed E-state index contributed by atoms with van der Waals surface area (Å²) in [7, 11) is 0. The Balaban J connectivity index is 2.96. The molecule has 0 aliphatic carbocycles. The zero-order valence-corrected chi connectivity index (χ0v) is 7.90. The van der Waals surface area contributed by atoms with Crippen LogP contribution >= 0.6 is 11.6 Å². The van der Waals surface area contributed by atoms with Gasteiger partial charge in [0.2, 0.25) is 0 Å². The molecule has 0 spiro atoms. The number of hydrogen-bond acceptors (Lipinski definition) is 5. The Hall–Kier alpha value is -1.40. The van der Waals surface area contributed by atoms with Crippen molar-refractivity contribution < 1.29 is 9.92 Å². The maximum absolute atomic E-state index is 10.1. The lowest BCUT2D eigenvalue weighted by molar-refractivity contribution is -0.711. The first-order valence-electron chi connectivity index (χ1n) is 3.80. The Kier molecular flexibility index (Phi) is 3.61. The van der Waals surface area contributed by atoms with Crippen molar-refractivity contribution in [3.8, 4) is 5.75 Å². The minimum atomic E-state index is -0.897. The van der Waals surface area contributed by atoms with Gasteiger partial charge >= 0.3 is 0 Å². The summed E-state index contributed by atoms with van der Waals surface area (Å²) >= 11 is 5.56. The van der Waals surface area contributed by atoms with Crippen molar-refractivity contribution >= 4 is 11.6 Å². The Bertz CT molecular complexity index is 345. The molecule has 0 saturated carbocycles. The fourth-order valence-corrected chi connectivity index (χ4v) is 1.10. The maximum atomic E-state index is 10.1. The van der Waals surface area contributed by atoms with Crippen LogP contribution in [0.5, 0.6) is 5.75 Å². The first-order chi connectivity index (χ1) is 6.63. The number of halogens is 1. The first kappa shape index (κ1) is 10.7. The molecule has 7 heteroatoms. The predicted molar refractivity (Wildman–Crippen MR) is 49.6 cm³/mol. The fourth-order valence-electron chi connectivity index (χ4n) is 0.950. The van der Waals surface area contributed by atoms with Gasteiger partial charge in [0.15, 0.2) is 0 Å². The molecule has 1 rings (SSSR count). The van der Waals surface area contributed by atoms with E-state index in [0.717, 1.165) is 0 Å². The van der Waals surface area contributed by atoms with E-state index in [1.165, 1.54) is 12.3 Å². The van der Waals surface area contributed by atoms with Gasteiger partial charge in [-0.15, -0.1) is 10.1 Å². The lowest BCUT2D eigenvalue weighted by atomic mass is 10.2. The maximum Gasteiger partial charge on any atom is 0.299 e. The molecule has 2 N–H and O–H groups in total. The fraction of sp³-hybridized carbons (Fsp3) is 0.286. The third-order valence-electron chi connectivity index (χ3n) is 1.50. The number of rotatable bonds is 4. The van der Waals surface area contributed by atoms with Crippen LogP contribution in [0.4, 0.5) is 0 Å². The smallest absolute Gasteiger partial charge is 0.299 e. The van der Waals surface area contributed by atoms with Gasteiger partial charge in [-0.2, -0.15) is 0 Å². The summed E-state index contributed by atoms with van der Waals surface area (Å²) in [6.45, 7) is 0.359. The number of hydrogen-bond donors (Lipinski definition) is 1. The van der Waals surface area contributed by atoms with Crippen LogP contribution in [-0.4, -0.2) is 16.6 Å². The van der Waals surface area contributed by atoms with Crippen molar-refractivity contribution in [1.29, 1.82) is 0 Å². The molecule has 0 fully saturated rings. The zero-order valence-electron chi connectivity index (χ0n) is 7.14. The molecule has 0 saturated heterocycles. The number of nitrogens with zero attached hydrogens (tertiary/aromatic N) is 2. The van der Waals surface area contributed by atoms with Crippen molar-refractivity contribution in [2.45, 2.75) is 6.42 Å². The summed E-state index contributed by atoms with van der Waals surface area (Å²) in [4.78, 5) is 18.2. The summed E-state index contributed by atoms with van der Waals surface area (Å²) in [5, 5.41) is 9.37. The van der Waals surface area contributed by atoms with Gasteiger partial charge in [0, 0.05) is 17.8 Å². The van der Waals surface area contributed by atoms with E-state index in [-0.39, 0.29) is 10.9 Å². The summed E-state index contributed by atoms with van der Waals surface area (Å²) in [6, 6.07) is 1.29. The Morgan fingerprint density at radius 1 is 1.71 bits per heavy atom. The first-order valence-corrected chi connectivity index (χ1v) is 4.18. The molecule has 0 bridgehead atoms. The Labute approximate surface area is 84.7 Å². The van der Waals surface area contributed by atoms with Crippen LogP contribution < -0.4 is 10.6 Å². The SMILES string of the molecule is NCCc1cnc(Cl)cc1O[N+](=O)[O-]. The second-order valence-corrected chi connectivity index (χ2v) is 2.86. The molecule has 0 aromatic carbocycles. The lowest BCUT2D eigenvalue weighted by Crippen LogP contribution is -2.09. The average Bonchev–Trinajstić information content (AvgIpc) is 2.09. The highest BCUT2D eigenvalue weighted by Gasteiger charge is 2.07. The molecule has 0 radical (unpaired) electrons. The molecule has 1 aromatic rings. The van der Waals surface area contributed by atoms with Crippen molar-refractivity contribution in [3.63, 3.8) is 0 Å². The molecule has 0 amide bonds. The van der Waals surface area contributed by atoms with Gasteiger partial charge in [-0.3, -0.25) is 4.84 Å². The van der Waals surface area contributed by atoms with Crippen LogP contribution in [0.3, 0.4) is 0 Å². The summed E-state index contributed by atoms with van der Waals surface area (Å²) in [5.74, 6) is 0.0838. The van der Waals surface area contributed by atoms with E-state index < -0.39 is 5.09 Å². The highest BCUT2D eigenvalue weighted by molar-refractivity contribution is 6.29. The molecular weight excluding hydrogens is 210 g/mol. The number of pyridine rings is 1. The van der Waals surface area contributed by atoms with Crippen LogP contribution in [0.1, 0.15) is 5.56 Å². The van der Waals surface area contributed by atoms with E-state index in [4.69, 9.17) is 17.3 Å². The highest BCUT2D eigenvalue weighted by atomic mass is 35.5. The lowest BCUT2D eigenvalue weighted by Gasteiger charge is -2.05. The molecule has 1 heterocycles. The van der Waals surface area contributed by atoms with Crippen LogP contribution in [0.2, 0.25) is 5.15 Å². The minimum absolute atomic E-state index is 0.0838. The van der Waals surface area contributed by atoms with E-state index in [1.807, 2.05) is 0 Å². The molecule has 0 aliphatic rings. The van der Waals surface area contributed by atoms with Crippen molar-refractivity contribution in [2.24, 2.45) is 5.73 Å². The van der Waals surface area contributed by atoms with Crippen LogP contribution in [-0.2, 0) is 6.42 Å². The van der Waals surface area contributed by atoms with Gasteiger partial charge in [-0.1, -0.05) is 11.6 Å². The number of aromatic nitrogens is 1. The molecule has 6 nitrogen and oxygen atoms in total. The predicted octanol–water partition coefficient (Wildman–Crippen LogP) is 0.807. The highest BCUT2D eigenvalue weighted by Crippen LogP contribution is 2.21. The minimum Gasteiger partial charge on any atom is -0.330 e. The molecule has 0 aliphatic heterocycles. The number of nitrogens with two attached hydrogens (primary N) is 1. The second kappa shape index (κ2) is 4.73. The van der Waals surface area contributed by atoms with Crippen LogP contribution in [0, 0.1) is 10.1 Å². The Morgan fingerprint density at radius 2 is 2.43 bits per heavy atom. The van der Waals surface area contributed by atoms with Gasteiger partial charge in [0.05, 0.1) is 0 Å². The van der Waals surface area contributed by atoms with Crippen LogP contribution in [0.15, 0.2) is 12.3 Å². The molecule has 76 valence electrons. The third-order valence-corrected chi connectivity index (χ3v) is 1.70. The van der Waals surface area contributed by atoms with Gasteiger partial charge in [-0.05, 0) is 13.0 Å². The monoisotopic (exact) mass is 217 g/mol. The van der Waals surface area contributed by atoms with Gasteiger partial charge in [-0.25, -0.2) is 4.98 Å². The quantitative estimate of drug-likeness (QED) is 0.458. The molecule has 1 aromatic heterocycles. The standard InChI is InChI=1S/C7H8ClN3O3/c8-7-3-6(14-11(12)13)5(1-2-9)4-10-7/h3-4H,1-2,9H2. The molecule has 14 heavy (non-hydrogen) atoms. The van der Waals surface area contributed by atoms with Crippen LogP contribution in [0.25, 0.3) is 0 Å². The summed E-state index contributed by atoms with van der Waals surface area (Å²) in [5.41, 5.74) is 5.88. The summed E-state index contributed by atoms with van der Waals surface area (Å²) in [6.07, 6.45) is 1.86. The second-order valence-electron chi connectivity index (χ2n) is 2.47. The normalized spacial score (nSPS) is 9.86. The van der Waals surface area contributed by atoms with Crippen molar-refractivity contribution in [2.75, 3.05) is 6.54 Å². The van der Waals surface area contributed by atoms with E-state index in [0.29, 0.717) is 18.5 Å². The van der Waals surface area contributed by atoms with Crippen molar-refractivity contribution in [1.82, 2.24) is 4.98 Å². The molecule has 0 unspecified atom stereocenters. The van der Waals surface area contributed by atoms with E-state index in [2.05, 4.69) is 9.82 Å². The average molecular weight is 218 g/mol. The zero-order chi connectivity index (χ0) is 10.6. The largest absolute Gasteiger partial charge is 0.330 e. The van der Waals surface area contributed by atoms with Gasteiger partial charge < -0.3 is 5.73 Å². The molecular formula is C7H8ClN3O3. The summed E-state index contributed by atoms with van der Waals surface area (Å²) < 4.78 is 0. The topological polar surface area (TPSA) is 91.3 Å². The molecule has 0 atom stereocenters. The van der Waals surface area contributed by atoms with Crippen molar-refractivity contribution in [3.05, 3.63) is 33.1 Å².